The number of hydrogen-bond donors (Lipinski definition) is 1. The number of nitrogens with one attached hydrogen (secondary N) is 1. The number of carbonyl (C=O) groups is 1. The maximum absolute atomic E-state index is 12.5. The first-order valence-electron chi connectivity index (χ1n) is 7.80. The van der Waals surface area contributed by atoms with Gasteiger partial charge in [-0.15, -0.1) is 0 Å². The van der Waals surface area contributed by atoms with E-state index in [4.69, 9.17) is 0 Å². The molecule has 1 amide bonds. The highest BCUT2D eigenvalue weighted by atomic mass is 16.1. The molecule has 1 atom stereocenters. The van der Waals surface area contributed by atoms with Crippen molar-refractivity contribution < 1.29 is 4.79 Å². The number of amides is 1. The summed E-state index contributed by atoms with van der Waals surface area (Å²) in [6.45, 7) is 0. The van der Waals surface area contributed by atoms with Crippen LogP contribution in [0.25, 0.3) is 5.57 Å². The minimum absolute atomic E-state index is 0.0544. The maximum atomic E-state index is 12.5. The normalized spacial score (nSPS) is 17.9. The van der Waals surface area contributed by atoms with Gasteiger partial charge < -0.3 is 5.32 Å². The maximum Gasteiger partial charge on any atom is 0.231 e. The fourth-order valence-corrected chi connectivity index (χ4v) is 3.18. The summed E-state index contributed by atoms with van der Waals surface area (Å²) in [4.78, 5) is 21.1. The number of hydrogen-bond acceptors (Lipinski definition) is 4. The second kappa shape index (κ2) is 5.74. The molecule has 0 spiro atoms. The molecule has 2 heterocycles. The zero-order valence-corrected chi connectivity index (χ0v) is 12.9. The molecule has 4 rings (SSSR count). The lowest BCUT2D eigenvalue weighted by Gasteiger charge is -2.19. The molecule has 2 aliphatic rings. The van der Waals surface area contributed by atoms with E-state index in [9.17, 15) is 10.1 Å². The smallest absolute Gasteiger partial charge is 0.231 e. The summed E-state index contributed by atoms with van der Waals surface area (Å²) in [5, 5.41) is 13.9. The van der Waals surface area contributed by atoms with Crippen molar-refractivity contribution in [1.82, 2.24) is 4.98 Å². The molecular weight excluding hydrogens is 300 g/mol. The van der Waals surface area contributed by atoms with Gasteiger partial charge in [0.15, 0.2) is 0 Å². The van der Waals surface area contributed by atoms with Crippen LogP contribution in [0, 0.1) is 17.2 Å². The molecule has 1 aromatic heterocycles. The highest BCUT2D eigenvalue weighted by Crippen LogP contribution is 2.30. The zero-order chi connectivity index (χ0) is 16.5. The lowest BCUT2D eigenvalue weighted by atomic mass is 9.89. The van der Waals surface area contributed by atoms with Crippen LogP contribution in [0.3, 0.4) is 0 Å². The Morgan fingerprint density at radius 1 is 1.29 bits per heavy atom. The lowest BCUT2D eigenvalue weighted by molar-refractivity contribution is -0.118. The summed E-state index contributed by atoms with van der Waals surface area (Å²) in [6.07, 6.45) is 6.71. The van der Waals surface area contributed by atoms with Crippen molar-refractivity contribution in [3.63, 3.8) is 0 Å². The average molecular weight is 314 g/mol. The Bertz CT molecular complexity index is 1020. The number of benzene rings is 1. The molecule has 5 heteroatoms. The number of nitriles is 1. The van der Waals surface area contributed by atoms with Crippen molar-refractivity contribution in [3.8, 4) is 6.07 Å². The van der Waals surface area contributed by atoms with Gasteiger partial charge in [-0.3, -0.25) is 9.78 Å². The molecule has 1 unspecified atom stereocenters. The molecule has 0 saturated carbocycles. The van der Waals surface area contributed by atoms with E-state index in [0.29, 0.717) is 11.3 Å². The van der Waals surface area contributed by atoms with Crippen LogP contribution in [0.5, 0.6) is 0 Å². The standard InChI is InChI=1S/C19H14N4O/c20-10-13-3-1-5-16-15-7-6-12(9-17(15)23-18(13)16)19(24)22-14-4-2-8-21-11-14/h1-5,8-9,11-12H,6-7H2,(H,22,24). The van der Waals surface area contributed by atoms with Crippen molar-refractivity contribution in [3.05, 3.63) is 70.6 Å². The van der Waals surface area contributed by atoms with E-state index in [-0.39, 0.29) is 11.8 Å². The molecule has 0 bridgehead atoms. The second-order valence-corrected chi connectivity index (χ2v) is 5.83. The molecule has 0 saturated heterocycles. The average Bonchev–Trinajstić information content (AvgIpc) is 3.00. The van der Waals surface area contributed by atoms with Gasteiger partial charge in [-0.1, -0.05) is 12.1 Å². The van der Waals surface area contributed by atoms with Crippen LogP contribution in [0.4, 0.5) is 5.69 Å². The number of para-hydroxylation sites is 1. The number of aromatic nitrogens is 1. The summed E-state index contributed by atoms with van der Waals surface area (Å²) in [5.41, 5.74) is 3.22. The van der Waals surface area contributed by atoms with Crippen LogP contribution < -0.4 is 15.9 Å². The number of pyridine rings is 1. The first-order valence-corrected chi connectivity index (χ1v) is 7.80. The van der Waals surface area contributed by atoms with E-state index in [1.165, 1.54) is 0 Å². The first-order chi connectivity index (χ1) is 11.8. The second-order valence-electron chi connectivity index (χ2n) is 5.83. The van der Waals surface area contributed by atoms with Crippen molar-refractivity contribution in [2.45, 2.75) is 12.8 Å². The van der Waals surface area contributed by atoms with Crippen LogP contribution >= 0.6 is 0 Å². The monoisotopic (exact) mass is 314 g/mol. The van der Waals surface area contributed by atoms with Crippen LogP contribution in [-0.2, 0) is 4.79 Å². The van der Waals surface area contributed by atoms with Gasteiger partial charge in [0.05, 0.1) is 34.4 Å². The van der Waals surface area contributed by atoms with Gasteiger partial charge in [-0.05, 0) is 42.7 Å². The highest BCUT2D eigenvalue weighted by molar-refractivity contribution is 5.94. The summed E-state index contributed by atoms with van der Waals surface area (Å²) in [6, 6.07) is 11.4. The Kier molecular flexibility index (Phi) is 3.43. The molecule has 2 aromatic rings. The first kappa shape index (κ1) is 14.3. The van der Waals surface area contributed by atoms with E-state index in [0.717, 1.165) is 34.7 Å². The van der Waals surface area contributed by atoms with Gasteiger partial charge in [0.2, 0.25) is 5.91 Å². The van der Waals surface area contributed by atoms with Gasteiger partial charge in [0.1, 0.15) is 6.07 Å². The summed E-state index contributed by atoms with van der Waals surface area (Å²) < 4.78 is 0. The molecule has 5 nitrogen and oxygen atoms in total. The van der Waals surface area contributed by atoms with E-state index < -0.39 is 0 Å². The molecule has 1 aliphatic heterocycles. The fourth-order valence-electron chi connectivity index (χ4n) is 3.18. The van der Waals surface area contributed by atoms with Gasteiger partial charge in [0, 0.05) is 11.4 Å². The van der Waals surface area contributed by atoms with Crippen LogP contribution in [0.2, 0.25) is 0 Å². The van der Waals surface area contributed by atoms with Crippen LogP contribution in [0.1, 0.15) is 18.4 Å². The summed E-state index contributed by atoms with van der Waals surface area (Å²) in [7, 11) is 0. The Morgan fingerprint density at radius 3 is 3.00 bits per heavy atom. The third-order valence-corrected chi connectivity index (χ3v) is 4.35. The molecule has 1 N–H and O–H groups in total. The van der Waals surface area contributed by atoms with Gasteiger partial charge in [0.25, 0.3) is 0 Å². The molecular formula is C19H14N4O. The third-order valence-electron chi connectivity index (χ3n) is 4.35. The van der Waals surface area contributed by atoms with Gasteiger partial charge in [-0.2, -0.15) is 5.26 Å². The predicted octanol–water partition coefficient (Wildman–Crippen LogP) is 1.67. The van der Waals surface area contributed by atoms with Gasteiger partial charge >= 0.3 is 0 Å². The van der Waals surface area contributed by atoms with Crippen molar-refractivity contribution in [2.75, 3.05) is 5.32 Å². The number of fused-ring (bicyclic) bond motifs is 2. The third kappa shape index (κ3) is 2.38. The molecule has 116 valence electrons. The largest absolute Gasteiger partial charge is 0.324 e. The molecule has 24 heavy (non-hydrogen) atoms. The Labute approximate surface area is 138 Å². The van der Waals surface area contributed by atoms with Crippen molar-refractivity contribution in [1.29, 1.82) is 5.26 Å². The van der Waals surface area contributed by atoms with Crippen LogP contribution in [0.15, 0.2) is 59.5 Å². The van der Waals surface area contributed by atoms with Crippen molar-refractivity contribution >= 4 is 17.2 Å². The Hall–Kier alpha value is -3.26. The zero-order valence-electron chi connectivity index (χ0n) is 12.9. The number of carbonyl (C=O) groups excluding carboxylic acids is 1. The van der Waals surface area contributed by atoms with Crippen LogP contribution in [-0.4, -0.2) is 10.9 Å². The SMILES string of the molecule is N#Cc1cccc2c1=NC1=CC(C(=O)Nc3cccnc3)CCC=21. The molecule has 0 radical (unpaired) electrons. The number of nitrogens with zero attached hydrogens (tertiary/aromatic N) is 3. The minimum atomic E-state index is -0.229. The fraction of sp³-hybridized carbons (Fsp3) is 0.158. The molecule has 0 fully saturated rings. The minimum Gasteiger partial charge on any atom is -0.324 e. The summed E-state index contributed by atoms with van der Waals surface area (Å²) in [5.74, 6) is -0.284. The highest BCUT2D eigenvalue weighted by Gasteiger charge is 2.26. The Morgan fingerprint density at radius 2 is 2.21 bits per heavy atom. The molecule has 1 aromatic carbocycles. The predicted molar refractivity (Wildman–Crippen MR) is 89.0 cm³/mol. The number of allylic oxidation sites excluding steroid dienone is 1. The Balaban J connectivity index is 1.66. The number of anilines is 1. The lowest BCUT2D eigenvalue weighted by Crippen LogP contribution is -2.27. The van der Waals surface area contributed by atoms with E-state index in [1.54, 1.807) is 24.5 Å². The molecule has 1 aliphatic carbocycles. The quantitative estimate of drug-likeness (QED) is 0.916. The number of rotatable bonds is 2. The van der Waals surface area contributed by atoms with E-state index in [1.807, 2.05) is 24.3 Å². The van der Waals surface area contributed by atoms with E-state index in [2.05, 4.69) is 21.4 Å². The van der Waals surface area contributed by atoms with Gasteiger partial charge in [-0.25, -0.2) is 4.99 Å². The van der Waals surface area contributed by atoms with E-state index >= 15 is 0 Å². The van der Waals surface area contributed by atoms with Crippen molar-refractivity contribution in [2.24, 2.45) is 10.9 Å². The summed E-state index contributed by atoms with van der Waals surface area (Å²) >= 11 is 0. The topological polar surface area (TPSA) is 78.1 Å².